The summed E-state index contributed by atoms with van der Waals surface area (Å²) in [5, 5.41) is 0. The molecule has 1 aromatic heterocycles. The van der Waals surface area contributed by atoms with Crippen LogP contribution in [0.5, 0.6) is 0 Å². The van der Waals surface area contributed by atoms with Crippen molar-refractivity contribution in [2.24, 2.45) is 5.41 Å². The third-order valence-electron chi connectivity index (χ3n) is 4.79. The number of hydrogen-bond donors (Lipinski definition) is 0. The van der Waals surface area contributed by atoms with Gasteiger partial charge in [-0.25, -0.2) is 4.79 Å². The molecule has 1 amide bonds. The van der Waals surface area contributed by atoms with Crippen molar-refractivity contribution in [3.63, 3.8) is 0 Å². The van der Waals surface area contributed by atoms with Crippen LogP contribution in [0, 0.1) is 12.3 Å². The van der Waals surface area contributed by atoms with Crippen molar-refractivity contribution < 1.29 is 14.0 Å². The summed E-state index contributed by atoms with van der Waals surface area (Å²) in [6, 6.07) is 2.21. The van der Waals surface area contributed by atoms with E-state index < -0.39 is 14.6 Å². The third kappa shape index (κ3) is 6.68. The van der Waals surface area contributed by atoms with Crippen molar-refractivity contribution in [3.05, 3.63) is 35.2 Å². The number of nitrogens with zero attached hydrogens (tertiary/aromatic N) is 2. The van der Waals surface area contributed by atoms with Gasteiger partial charge in [-0.2, -0.15) is 0 Å². The number of carbonyl (C=O) groups is 1. The Balaban J connectivity index is 2.17. The van der Waals surface area contributed by atoms with Gasteiger partial charge in [-0.05, 0) is 75.4 Å². The summed E-state index contributed by atoms with van der Waals surface area (Å²) in [6.07, 6.45) is 4.63. The summed E-state index contributed by atoms with van der Waals surface area (Å²) in [7, 11) is -1.19. The molecule has 5 nitrogen and oxygen atoms in total. The van der Waals surface area contributed by atoms with E-state index in [1.807, 2.05) is 27.0 Å². The maximum Gasteiger partial charge on any atom is 0.410 e. The first-order valence-corrected chi connectivity index (χ1v) is 13.4. The summed E-state index contributed by atoms with van der Waals surface area (Å²) in [6.45, 7) is 20.0. The molecule has 0 N–H and O–H groups in total. The molecule has 0 radical (unpaired) electrons. The Kier molecular flexibility index (Phi) is 7.33. The number of hydrogen-bond acceptors (Lipinski definition) is 4. The Morgan fingerprint density at radius 2 is 1.86 bits per heavy atom. The van der Waals surface area contributed by atoms with Crippen LogP contribution < -0.4 is 0 Å². The van der Waals surface area contributed by atoms with Crippen molar-refractivity contribution in [2.75, 3.05) is 13.1 Å². The number of pyridine rings is 1. The lowest BCUT2D eigenvalue weighted by Gasteiger charge is -2.33. The number of rotatable bonds is 4. The molecule has 6 heteroatoms. The normalized spacial score (nSPS) is 16.6. The summed E-state index contributed by atoms with van der Waals surface area (Å²) in [4.78, 5) is 18.8. The van der Waals surface area contributed by atoms with Crippen LogP contribution in [-0.2, 0) is 9.16 Å². The van der Waals surface area contributed by atoms with Gasteiger partial charge in [0.1, 0.15) is 5.60 Å². The molecule has 2 heterocycles. The predicted molar refractivity (Wildman–Crippen MR) is 122 cm³/mol. The van der Waals surface area contributed by atoms with Gasteiger partial charge in [0.2, 0.25) is 0 Å². The van der Waals surface area contributed by atoms with Crippen molar-refractivity contribution in [1.29, 1.82) is 0 Å². The highest BCUT2D eigenvalue weighted by molar-refractivity contribution is 6.48. The van der Waals surface area contributed by atoms with E-state index in [-0.39, 0.29) is 17.6 Å². The second kappa shape index (κ2) is 9.00. The topological polar surface area (TPSA) is 51.7 Å². The van der Waals surface area contributed by atoms with Gasteiger partial charge in [-0.15, -0.1) is 0 Å². The lowest BCUT2D eigenvalue weighted by atomic mass is 9.85. The number of carbonyl (C=O) groups excluding carboxylic acids is 1. The Bertz CT molecular complexity index is 760. The van der Waals surface area contributed by atoms with E-state index in [1.54, 1.807) is 4.90 Å². The summed E-state index contributed by atoms with van der Waals surface area (Å²) >= 11 is 0. The van der Waals surface area contributed by atoms with E-state index in [0.29, 0.717) is 13.1 Å². The van der Waals surface area contributed by atoms with Crippen molar-refractivity contribution in [3.8, 4) is 0 Å². The number of aromatic nitrogens is 1. The van der Waals surface area contributed by atoms with Gasteiger partial charge in [0.05, 0.1) is 11.8 Å². The Morgan fingerprint density at radius 1 is 1.21 bits per heavy atom. The maximum absolute atomic E-state index is 12.3. The molecule has 1 aliphatic heterocycles. The highest BCUT2D eigenvalue weighted by Gasteiger charge is 2.31. The van der Waals surface area contributed by atoms with Gasteiger partial charge in [0.25, 0.3) is 0 Å². The smallest absolute Gasteiger partial charge is 0.410 e. The molecule has 29 heavy (non-hydrogen) atoms. The Morgan fingerprint density at radius 3 is 2.31 bits per heavy atom. The molecule has 0 bridgehead atoms. The quantitative estimate of drug-likeness (QED) is 0.606. The molecule has 1 atom stereocenters. The maximum atomic E-state index is 12.3. The minimum absolute atomic E-state index is 0.00539. The summed E-state index contributed by atoms with van der Waals surface area (Å²) < 4.78 is 11.8. The van der Waals surface area contributed by atoms with Crippen LogP contribution in [0.2, 0.25) is 13.1 Å². The van der Waals surface area contributed by atoms with Gasteiger partial charge in [0.15, 0.2) is 9.04 Å². The molecule has 0 saturated heterocycles. The van der Waals surface area contributed by atoms with Gasteiger partial charge in [-0.3, -0.25) is 4.98 Å². The molecule has 0 spiro atoms. The van der Waals surface area contributed by atoms with E-state index in [0.717, 1.165) is 23.2 Å². The molecular formula is C23H38N2O3Si. The van der Waals surface area contributed by atoms with E-state index in [4.69, 9.17) is 14.1 Å². The van der Waals surface area contributed by atoms with Gasteiger partial charge in [0, 0.05) is 19.3 Å². The van der Waals surface area contributed by atoms with Crippen LogP contribution in [0.3, 0.4) is 0 Å². The predicted octanol–water partition coefficient (Wildman–Crippen LogP) is 5.50. The van der Waals surface area contributed by atoms with Gasteiger partial charge in [-0.1, -0.05) is 26.8 Å². The Labute approximate surface area is 178 Å². The fourth-order valence-electron chi connectivity index (χ4n) is 3.41. The molecule has 0 saturated carbocycles. The first-order valence-electron chi connectivity index (χ1n) is 10.6. The second-order valence-corrected chi connectivity index (χ2v) is 12.6. The highest BCUT2D eigenvalue weighted by atomic mass is 28.3. The summed E-state index contributed by atoms with van der Waals surface area (Å²) in [5.41, 5.74) is 4.08. The van der Waals surface area contributed by atoms with Crippen LogP contribution in [0.4, 0.5) is 4.79 Å². The zero-order valence-electron chi connectivity index (χ0n) is 19.6. The van der Waals surface area contributed by atoms with Crippen LogP contribution >= 0.6 is 0 Å². The van der Waals surface area contributed by atoms with Gasteiger partial charge < -0.3 is 14.1 Å². The minimum atomic E-state index is -1.19. The minimum Gasteiger partial charge on any atom is -0.444 e. The van der Waals surface area contributed by atoms with E-state index in [2.05, 4.69) is 52.9 Å². The van der Waals surface area contributed by atoms with Crippen molar-refractivity contribution >= 4 is 20.7 Å². The highest BCUT2D eigenvalue weighted by Crippen LogP contribution is 2.37. The monoisotopic (exact) mass is 418 g/mol. The van der Waals surface area contributed by atoms with Crippen LogP contribution in [0.25, 0.3) is 5.57 Å². The largest absolute Gasteiger partial charge is 0.444 e. The molecular weight excluding hydrogens is 380 g/mol. The van der Waals surface area contributed by atoms with Crippen LogP contribution in [-0.4, -0.2) is 43.7 Å². The lowest BCUT2D eigenvalue weighted by Crippen LogP contribution is -2.39. The molecule has 1 aliphatic rings. The zero-order valence-corrected chi connectivity index (χ0v) is 20.8. The van der Waals surface area contributed by atoms with E-state index >= 15 is 0 Å². The molecule has 2 rings (SSSR count). The second-order valence-electron chi connectivity index (χ2n) is 10.3. The fraction of sp³-hybridized carbons (Fsp3) is 0.652. The Hall–Kier alpha value is -1.66. The fourth-order valence-corrected chi connectivity index (χ4v) is 4.49. The third-order valence-corrected chi connectivity index (χ3v) is 5.61. The molecule has 1 aromatic rings. The first-order chi connectivity index (χ1) is 13.3. The van der Waals surface area contributed by atoms with E-state index in [9.17, 15) is 4.79 Å². The number of aryl methyl sites for hydroxylation is 1. The average molecular weight is 419 g/mol. The van der Waals surface area contributed by atoms with Crippen molar-refractivity contribution in [2.45, 2.75) is 79.7 Å². The van der Waals surface area contributed by atoms with Gasteiger partial charge >= 0.3 is 6.09 Å². The SMILES string of the molecule is Cc1cc(C2=CCN(C(=O)OC(C)(C)C)CC2)cnc1C(O[SiH](C)C)C(C)(C)C. The molecule has 0 aliphatic carbocycles. The molecule has 1 unspecified atom stereocenters. The zero-order chi connectivity index (χ0) is 22.0. The molecule has 162 valence electrons. The first kappa shape index (κ1) is 23.6. The van der Waals surface area contributed by atoms with E-state index in [1.165, 1.54) is 5.57 Å². The van der Waals surface area contributed by atoms with Crippen molar-refractivity contribution in [1.82, 2.24) is 9.88 Å². The standard InChI is InChI=1S/C23H38N2O3Si/c1-16-14-18(15-24-19(16)20(22(2,3)4)28-29(8)9)17-10-12-25(13-11-17)21(26)27-23(5,6)7/h10,14-15,20,29H,11-13H2,1-9H3. The summed E-state index contributed by atoms with van der Waals surface area (Å²) in [5.74, 6) is 0. The average Bonchev–Trinajstić information content (AvgIpc) is 2.57. The van der Waals surface area contributed by atoms with Crippen LogP contribution in [0.15, 0.2) is 18.3 Å². The number of ether oxygens (including phenoxy) is 1. The lowest BCUT2D eigenvalue weighted by molar-refractivity contribution is 0.0270. The molecule has 0 aromatic carbocycles. The molecule has 0 fully saturated rings. The van der Waals surface area contributed by atoms with Crippen LogP contribution in [0.1, 0.15) is 70.9 Å². The number of amides is 1.